The molecule has 1 aromatic carbocycles. The number of rotatable bonds is 3. The van der Waals surface area contributed by atoms with Crippen LogP contribution in [0.15, 0.2) is 18.2 Å². The summed E-state index contributed by atoms with van der Waals surface area (Å²) in [6, 6.07) is 5.09. The van der Waals surface area contributed by atoms with Crippen molar-refractivity contribution in [1.29, 1.82) is 0 Å². The highest BCUT2D eigenvalue weighted by atomic mass is 19.4. The lowest BCUT2D eigenvalue weighted by Crippen LogP contribution is -2.30. The molecule has 5 nitrogen and oxygen atoms in total. The highest BCUT2D eigenvalue weighted by Crippen LogP contribution is 2.31. The van der Waals surface area contributed by atoms with Gasteiger partial charge in [0.1, 0.15) is 13.2 Å². The Hall–Kier alpha value is -2.12. The second kappa shape index (κ2) is 6.11. The maximum atomic E-state index is 12.0. The second-order valence-electron chi connectivity index (χ2n) is 4.50. The molecular weight excluding hydrogens is 291 g/mol. The molecular formula is C13H14F3NO4. The van der Waals surface area contributed by atoms with E-state index < -0.39 is 18.9 Å². The minimum atomic E-state index is -4.53. The van der Waals surface area contributed by atoms with Gasteiger partial charge < -0.3 is 19.1 Å². The molecule has 0 saturated carbocycles. The van der Waals surface area contributed by atoms with Crippen molar-refractivity contribution in [2.75, 3.05) is 26.9 Å². The normalized spacial score (nSPS) is 13.7. The van der Waals surface area contributed by atoms with Crippen molar-refractivity contribution in [2.45, 2.75) is 12.7 Å². The summed E-state index contributed by atoms with van der Waals surface area (Å²) in [4.78, 5) is 12.5. The molecule has 1 aliphatic rings. The number of alkyl halides is 3. The molecule has 0 radical (unpaired) electrons. The number of hydrogen-bond donors (Lipinski definition) is 0. The van der Waals surface area contributed by atoms with E-state index in [0.29, 0.717) is 30.3 Å². The molecule has 1 aliphatic heterocycles. The Morgan fingerprint density at radius 3 is 2.62 bits per heavy atom. The van der Waals surface area contributed by atoms with Gasteiger partial charge in [-0.1, -0.05) is 6.07 Å². The van der Waals surface area contributed by atoms with E-state index in [2.05, 4.69) is 4.74 Å². The molecule has 1 amide bonds. The van der Waals surface area contributed by atoms with E-state index in [1.54, 1.807) is 18.2 Å². The number of amides is 1. The molecule has 2 rings (SSSR count). The third-order valence-electron chi connectivity index (χ3n) is 2.70. The number of halogens is 3. The van der Waals surface area contributed by atoms with Crippen LogP contribution < -0.4 is 9.47 Å². The number of hydrogen-bond acceptors (Lipinski definition) is 4. The van der Waals surface area contributed by atoms with Crippen molar-refractivity contribution in [3.63, 3.8) is 0 Å². The van der Waals surface area contributed by atoms with E-state index in [4.69, 9.17) is 9.47 Å². The molecule has 21 heavy (non-hydrogen) atoms. The average molecular weight is 305 g/mol. The Bertz CT molecular complexity index is 519. The molecule has 0 unspecified atom stereocenters. The van der Waals surface area contributed by atoms with Crippen molar-refractivity contribution in [3.8, 4) is 11.5 Å². The number of benzene rings is 1. The minimum Gasteiger partial charge on any atom is -0.486 e. The molecule has 0 N–H and O–H groups in total. The fourth-order valence-electron chi connectivity index (χ4n) is 1.78. The number of carbonyl (C=O) groups excluding carboxylic acids is 1. The summed E-state index contributed by atoms with van der Waals surface area (Å²) in [5.74, 6) is 1.16. The van der Waals surface area contributed by atoms with E-state index in [1.807, 2.05) is 0 Å². The lowest BCUT2D eigenvalue weighted by atomic mass is 10.2. The van der Waals surface area contributed by atoms with Gasteiger partial charge in [0.2, 0.25) is 0 Å². The van der Waals surface area contributed by atoms with Gasteiger partial charge >= 0.3 is 12.3 Å². The van der Waals surface area contributed by atoms with Gasteiger partial charge in [-0.3, -0.25) is 0 Å². The maximum absolute atomic E-state index is 12.0. The number of carbonyl (C=O) groups is 1. The molecule has 0 atom stereocenters. The average Bonchev–Trinajstić information content (AvgIpc) is 2.43. The third-order valence-corrected chi connectivity index (χ3v) is 2.70. The molecule has 1 aromatic rings. The number of fused-ring (bicyclic) bond motifs is 1. The summed E-state index contributed by atoms with van der Waals surface area (Å²) in [5, 5.41) is 0. The van der Waals surface area contributed by atoms with E-state index in [0.717, 1.165) is 4.90 Å². The summed E-state index contributed by atoms with van der Waals surface area (Å²) in [6.07, 6.45) is -5.57. The van der Waals surface area contributed by atoms with Gasteiger partial charge in [-0.05, 0) is 17.7 Å². The van der Waals surface area contributed by atoms with E-state index in [-0.39, 0.29) is 6.54 Å². The largest absolute Gasteiger partial charge is 0.486 e. The Kier molecular flexibility index (Phi) is 4.44. The van der Waals surface area contributed by atoms with Crippen molar-refractivity contribution in [3.05, 3.63) is 23.8 Å². The number of ether oxygens (including phenoxy) is 3. The van der Waals surface area contributed by atoms with E-state index in [9.17, 15) is 18.0 Å². The van der Waals surface area contributed by atoms with E-state index >= 15 is 0 Å². The fourth-order valence-corrected chi connectivity index (χ4v) is 1.78. The molecule has 0 bridgehead atoms. The zero-order valence-corrected chi connectivity index (χ0v) is 11.3. The Balaban J connectivity index is 1.93. The van der Waals surface area contributed by atoms with Crippen molar-refractivity contribution in [1.82, 2.24) is 4.90 Å². The minimum absolute atomic E-state index is 0.104. The Morgan fingerprint density at radius 2 is 1.95 bits per heavy atom. The van der Waals surface area contributed by atoms with Crippen molar-refractivity contribution in [2.24, 2.45) is 0 Å². The zero-order chi connectivity index (χ0) is 15.5. The molecule has 1 heterocycles. The molecule has 116 valence electrons. The molecule has 8 heteroatoms. The zero-order valence-electron chi connectivity index (χ0n) is 11.3. The van der Waals surface area contributed by atoms with Gasteiger partial charge in [0, 0.05) is 13.6 Å². The van der Waals surface area contributed by atoms with Gasteiger partial charge in [-0.25, -0.2) is 4.79 Å². The van der Waals surface area contributed by atoms with Crippen LogP contribution in [0.5, 0.6) is 11.5 Å². The Labute approximate surface area is 119 Å². The SMILES string of the molecule is CN(Cc1ccc2c(c1)OCCO2)C(=O)OCC(F)(F)F. The monoisotopic (exact) mass is 305 g/mol. The van der Waals surface area contributed by atoms with Crippen LogP contribution in [0.1, 0.15) is 5.56 Å². The summed E-state index contributed by atoms with van der Waals surface area (Å²) in [5.41, 5.74) is 0.700. The summed E-state index contributed by atoms with van der Waals surface area (Å²) in [7, 11) is 1.36. The first-order valence-corrected chi connectivity index (χ1v) is 6.18. The van der Waals surface area contributed by atoms with Gasteiger partial charge in [0.05, 0.1) is 0 Å². The van der Waals surface area contributed by atoms with E-state index in [1.165, 1.54) is 7.05 Å². The summed E-state index contributed by atoms with van der Waals surface area (Å²) >= 11 is 0. The van der Waals surface area contributed by atoms with Crippen molar-refractivity contribution >= 4 is 6.09 Å². The molecule has 0 fully saturated rings. The van der Waals surface area contributed by atoms with Gasteiger partial charge in [0.25, 0.3) is 0 Å². The first-order valence-electron chi connectivity index (χ1n) is 6.18. The fraction of sp³-hybridized carbons (Fsp3) is 0.462. The van der Waals surface area contributed by atoms with Crippen LogP contribution in [0.3, 0.4) is 0 Å². The van der Waals surface area contributed by atoms with Crippen LogP contribution in [0, 0.1) is 0 Å². The first kappa shape index (κ1) is 15.3. The van der Waals surface area contributed by atoms with Gasteiger partial charge in [-0.15, -0.1) is 0 Å². The topological polar surface area (TPSA) is 48.0 Å². The van der Waals surface area contributed by atoms with Crippen LogP contribution in [0.25, 0.3) is 0 Å². The molecule has 0 spiro atoms. The van der Waals surface area contributed by atoms with Crippen LogP contribution in [-0.4, -0.2) is 44.0 Å². The van der Waals surface area contributed by atoms with Crippen LogP contribution in [0.4, 0.5) is 18.0 Å². The molecule has 0 aliphatic carbocycles. The summed E-state index contributed by atoms with van der Waals surface area (Å²) < 4.78 is 50.8. The third kappa shape index (κ3) is 4.44. The highest BCUT2D eigenvalue weighted by molar-refractivity contribution is 5.67. The predicted octanol–water partition coefficient (Wildman–Crippen LogP) is 2.59. The van der Waals surface area contributed by atoms with Gasteiger partial charge in [-0.2, -0.15) is 13.2 Å². The van der Waals surface area contributed by atoms with Crippen molar-refractivity contribution < 1.29 is 32.2 Å². The highest BCUT2D eigenvalue weighted by Gasteiger charge is 2.30. The molecule has 0 aromatic heterocycles. The van der Waals surface area contributed by atoms with Gasteiger partial charge in [0.15, 0.2) is 18.1 Å². The second-order valence-corrected chi connectivity index (χ2v) is 4.50. The Morgan fingerprint density at radius 1 is 1.29 bits per heavy atom. The van der Waals surface area contributed by atoms with Crippen LogP contribution in [0.2, 0.25) is 0 Å². The first-order chi connectivity index (χ1) is 9.85. The smallest absolute Gasteiger partial charge is 0.422 e. The molecule has 0 saturated heterocycles. The number of nitrogens with zero attached hydrogens (tertiary/aromatic N) is 1. The van der Waals surface area contributed by atoms with Crippen LogP contribution in [-0.2, 0) is 11.3 Å². The predicted molar refractivity (Wildman–Crippen MR) is 66.3 cm³/mol. The quantitative estimate of drug-likeness (QED) is 0.861. The maximum Gasteiger partial charge on any atom is 0.422 e. The lowest BCUT2D eigenvalue weighted by Gasteiger charge is -2.21. The standard InChI is InChI=1S/C13H14F3NO4/c1-17(12(18)21-8-13(14,15)16)7-9-2-3-10-11(6-9)20-5-4-19-10/h2-3,6H,4-5,7-8H2,1H3. The van der Waals surface area contributed by atoms with Crippen LogP contribution >= 0.6 is 0 Å². The summed E-state index contributed by atoms with van der Waals surface area (Å²) in [6.45, 7) is -0.597. The lowest BCUT2D eigenvalue weighted by molar-refractivity contribution is -0.162.